The van der Waals surface area contributed by atoms with Crippen molar-refractivity contribution in [2.24, 2.45) is 7.05 Å². The van der Waals surface area contributed by atoms with E-state index in [4.69, 9.17) is 14.6 Å². The molecule has 1 heterocycles. The van der Waals surface area contributed by atoms with Crippen molar-refractivity contribution in [3.05, 3.63) is 76.7 Å². The first kappa shape index (κ1) is 18.7. The molecule has 6 heteroatoms. The third-order valence-electron chi connectivity index (χ3n) is 4.13. The Bertz CT molecular complexity index is 921. The monoisotopic (exact) mass is 366 g/mol. The van der Waals surface area contributed by atoms with Crippen LogP contribution in [0.5, 0.6) is 11.8 Å². The van der Waals surface area contributed by atoms with Gasteiger partial charge in [0.05, 0.1) is 0 Å². The number of hydrogen-bond donors (Lipinski definition) is 1. The molecule has 0 saturated heterocycles. The number of nitrogens with zero attached hydrogens (tertiary/aromatic N) is 2. The van der Waals surface area contributed by atoms with Crippen molar-refractivity contribution in [3.63, 3.8) is 0 Å². The fourth-order valence-corrected chi connectivity index (χ4v) is 2.71. The molecule has 0 fully saturated rings. The quantitative estimate of drug-likeness (QED) is 0.620. The van der Waals surface area contributed by atoms with Crippen molar-refractivity contribution in [3.8, 4) is 22.9 Å². The molecule has 27 heavy (non-hydrogen) atoms. The van der Waals surface area contributed by atoms with Gasteiger partial charge in [-0.1, -0.05) is 42.5 Å². The van der Waals surface area contributed by atoms with E-state index in [9.17, 15) is 4.79 Å². The van der Waals surface area contributed by atoms with Crippen LogP contribution in [0.4, 0.5) is 0 Å². The SMILES string of the molecule is Cn1c(CCO)cc(=O)nc1OCCOc1ccc(-c2ccccc2)cc1. The van der Waals surface area contributed by atoms with Crippen molar-refractivity contribution in [1.82, 2.24) is 9.55 Å². The number of aromatic nitrogens is 2. The average molecular weight is 366 g/mol. The van der Waals surface area contributed by atoms with E-state index in [1.165, 1.54) is 6.07 Å². The summed E-state index contributed by atoms with van der Waals surface area (Å²) in [4.78, 5) is 15.5. The summed E-state index contributed by atoms with van der Waals surface area (Å²) in [5, 5.41) is 9.06. The Labute approximate surface area is 157 Å². The Hall–Kier alpha value is -3.12. The highest BCUT2D eigenvalue weighted by Crippen LogP contribution is 2.22. The molecule has 2 aromatic carbocycles. The van der Waals surface area contributed by atoms with Crippen LogP contribution in [0.3, 0.4) is 0 Å². The lowest BCUT2D eigenvalue weighted by atomic mass is 10.1. The third-order valence-corrected chi connectivity index (χ3v) is 4.13. The molecule has 0 atom stereocenters. The Balaban J connectivity index is 1.54. The van der Waals surface area contributed by atoms with Crippen LogP contribution in [0.1, 0.15) is 5.69 Å². The van der Waals surface area contributed by atoms with E-state index in [0.717, 1.165) is 16.9 Å². The molecule has 0 aliphatic rings. The standard InChI is InChI=1S/C21H22N2O4/c1-23-18(11-12-24)15-20(25)22-21(23)27-14-13-26-19-9-7-17(8-10-19)16-5-3-2-4-6-16/h2-10,15,24H,11-14H2,1H3. The normalized spacial score (nSPS) is 10.6. The number of benzene rings is 2. The van der Waals surface area contributed by atoms with Crippen molar-refractivity contribution in [1.29, 1.82) is 0 Å². The number of ether oxygens (including phenoxy) is 2. The van der Waals surface area contributed by atoms with Crippen LogP contribution < -0.4 is 15.0 Å². The lowest BCUT2D eigenvalue weighted by Crippen LogP contribution is -2.20. The minimum atomic E-state index is -0.385. The zero-order valence-corrected chi connectivity index (χ0v) is 15.2. The van der Waals surface area contributed by atoms with Crippen LogP contribution in [-0.2, 0) is 13.5 Å². The fourth-order valence-electron chi connectivity index (χ4n) is 2.71. The molecule has 0 saturated carbocycles. The minimum Gasteiger partial charge on any atom is -0.490 e. The van der Waals surface area contributed by atoms with Crippen LogP contribution in [0.25, 0.3) is 11.1 Å². The fraction of sp³-hybridized carbons (Fsp3) is 0.238. The third kappa shape index (κ3) is 4.95. The van der Waals surface area contributed by atoms with Gasteiger partial charge in [-0.2, -0.15) is 4.98 Å². The average Bonchev–Trinajstić information content (AvgIpc) is 2.70. The number of rotatable bonds is 8. The van der Waals surface area contributed by atoms with Crippen molar-refractivity contribution in [2.75, 3.05) is 19.8 Å². The molecule has 3 aromatic rings. The number of hydrogen-bond acceptors (Lipinski definition) is 5. The van der Waals surface area contributed by atoms with E-state index < -0.39 is 0 Å². The van der Waals surface area contributed by atoms with Crippen LogP contribution in [0.15, 0.2) is 65.5 Å². The molecule has 0 radical (unpaired) electrons. The van der Waals surface area contributed by atoms with Gasteiger partial charge in [0.2, 0.25) is 0 Å². The molecule has 3 rings (SSSR count). The summed E-state index contributed by atoms with van der Waals surface area (Å²) in [7, 11) is 1.75. The van der Waals surface area contributed by atoms with Gasteiger partial charge in [0.25, 0.3) is 11.6 Å². The van der Waals surface area contributed by atoms with Gasteiger partial charge in [-0.25, -0.2) is 0 Å². The van der Waals surface area contributed by atoms with E-state index in [-0.39, 0.29) is 24.8 Å². The topological polar surface area (TPSA) is 73.6 Å². The maximum Gasteiger partial charge on any atom is 0.299 e. The highest BCUT2D eigenvalue weighted by Gasteiger charge is 2.07. The van der Waals surface area contributed by atoms with Gasteiger partial charge >= 0.3 is 0 Å². The van der Waals surface area contributed by atoms with E-state index in [2.05, 4.69) is 17.1 Å². The number of aliphatic hydroxyl groups is 1. The maximum atomic E-state index is 11.6. The van der Waals surface area contributed by atoms with Crippen LogP contribution in [0, 0.1) is 0 Å². The second-order valence-electron chi connectivity index (χ2n) is 5.99. The maximum absolute atomic E-state index is 11.6. The Morgan fingerprint density at radius 1 is 0.963 bits per heavy atom. The lowest BCUT2D eigenvalue weighted by molar-refractivity contribution is 0.198. The summed E-state index contributed by atoms with van der Waals surface area (Å²) in [5.74, 6) is 0.745. The van der Waals surface area contributed by atoms with Crippen LogP contribution >= 0.6 is 0 Å². The Kier molecular flexibility index (Phi) is 6.22. The van der Waals surface area contributed by atoms with E-state index in [1.54, 1.807) is 11.6 Å². The largest absolute Gasteiger partial charge is 0.490 e. The zero-order valence-electron chi connectivity index (χ0n) is 15.2. The summed E-state index contributed by atoms with van der Waals surface area (Å²) in [6.45, 7) is 0.535. The van der Waals surface area contributed by atoms with Gasteiger partial charge in [0.1, 0.15) is 19.0 Å². The molecule has 1 N–H and O–H groups in total. The minimum absolute atomic E-state index is 0.0428. The highest BCUT2D eigenvalue weighted by atomic mass is 16.5. The Morgan fingerprint density at radius 2 is 1.63 bits per heavy atom. The van der Waals surface area contributed by atoms with Crippen LogP contribution in [-0.4, -0.2) is 34.5 Å². The molecule has 6 nitrogen and oxygen atoms in total. The second-order valence-corrected chi connectivity index (χ2v) is 5.99. The van der Waals surface area contributed by atoms with Crippen molar-refractivity contribution >= 4 is 0 Å². The van der Waals surface area contributed by atoms with E-state index >= 15 is 0 Å². The van der Waals surface area contributed by atoms with Gasteiger partial charge in [-0.15, -0.1) is 0 Å². The van der Waals surface area contributed by atoms with Crippen molar-refractivity contribution in [2.45, 2.75) is 6.42 Å². The van der Waals surface area contributed by atoms with Gasteiger partial charge in [0.15, 0.2) is 0 Å². The predicted molar refractivity (Wildman–Crippen MR) is 103 cm³/mol. The second kappa shape index (κ2) is 9.00. The Morgan fingerprint density at radius 3 is 2.33 bits per heavy atom. The predicted octanol–water partition coefficient (Wildman–Crippen LogP) is 2.44. The molecular weight excluding hydrogens is 344 g/mol. The summed E-state index contributed by atoms with van der Waals surface area (Å²) in [6, 6.07) is 19.6. The van der Waals surface area contributed by atoms with Gasteiger partial charge < -0.3 is 19.1 Å². The molecule has 0 aliphatic carbocycles. The van der Waals surface area contributed by atoms with E-state index in [0.29, 0.717) is 18.7 Å². The highest BCUT2D eigenvalue weighted by molar-refractivity contribution is 5.63. The van der Waals surface area contributed by atoms with Crippen molar-refractivity contribution < 1.29 is 14.6 Å². The molecule has 140 valence electrons. The zero-order chi connectivity index (χ0) is 19.1. The van der Waals surface area contributed by atoms with E-state index in [1.807, 2.05) is 42.5 Å². The van der Waals surface area contributed by atoms with Gasteiger partial charge in [-0.05, 0) is 23.3 Å². The summed E-state index contributed by atoms with van der Waals surface area (Å²) < 4.78 is 12.9. The molecular formula is C21H22N2O4. The summed E-state index contributed by atoms with van der Waals surface area (Å²) >= 11 is 0. The molecule has 0 spiro atoms. The first-order chi connectivity index (χ1) is 13.2. The van der Waals surface area contributed by atoms with Gasteiger partial charge in [0, 0.05) is 31.8 Å². The lowest BCUT2D eigenvalue weighted by Gasteiger charge is -2.13. The molecule has 0 bridgehead atoms. The smallest absolute Gasteiger partial charge is 0.299 e. The summed E-state index contributed by atoms with van der Waals surface area (Å²) in [6.07, 6.45) is 0.370. The molecule has 0 aliphatic heterocycles. The first-order valence-electron chi connectivity index (χ1n) is 8.76. The van der Waals surface area contributed by atoms with Gasteiger partial charge in [-0.3, -0.25) is 4.79 Å². The molecule has 0 amide bonds. The summed E-state index contributed by atoms with van der Waals surface area (Å²) in [5.41, 5.74) is 2.56. The number of aliphatic hydroxyl groups excluding tert-OH is 1. The first-order valence-corrected chi connectivity index (χ1v) is 8.76. The molecule has 1 aromatic heterocycles. The van der Waals surface area contributed by atoms with Crippen LogP contribution in [0.2, 0.25) is 0 Å². The molecule has 0 unspecified atom stereocenters.